The van der Waals surface area contributed by atoms with Crippen molar-refractivity contribution in [2.75, 3.05) is 0 Å². The molecule has 1 aliphatic carbocycles. The molecule has 3 heterocycles. The first kappa shape index (κ1) is 33.8. The Hall–Kier alpha value is -6.76. The number of hydrogen-bond acceptors (Lipinski definition) is 5. The summed E-state index contributed by atoms with van der Waals surface area (Å²) in [7, 11) is 0. The second-order valence-electron chi connectivity index (χ2n) is 14.7. The van der Waals surface area contributed by atoms with Crippen LogP contribution in [0.4, 0.5) is 0 Å². The fourth-order valence-electron chi connectivity index (χ4n) is 8.32. The maximum Gasteiger partial charge on any atom is 0.164 e. The first-order valence-corrected chi connectivity index (χ1v) is 19.7. The standard InChI is InChI=1S/C50H37N5S/c1-5-7-14-31(6-2)47-52-48(32-15-9-8-10-16-32)54-49(53-47)35-17-13-18-36(27-35)55-43-20-12-11-19-37(43)39-28-33(22-26-44(39)55)34-21-23-38-41(29-34)50(3,4)40-24-25-42-46(45(38)40)56-30-51-42/h5-30H,2H2,1,3-4H3/b7-5-,31-14+. The van der Waals surface area contributed by atoms with Gasteiger partial charge in [0.2, 0.25) is 0 Å². The lowest BCUT2D eigenvalue weighted by atomic mass is 9.81. The van der Waals surface area contributed by atoms with Crippen molar-refractivity contribution in [1.29, 1.82) is 0 Å². The summed E-state index contributed by atoms with van der Waals surface area (Å²) in [4.78, 5) is 19.5. The van der Waals surface area contributed by atoms with Crippen LogP contribution in [0.15, 0.2) is 164 Å². The summed E-state index contributed by atoms with van der Waals surface area (Å²) in [5, 5.41) is 2.41. The van der Waals surface area contributed by atoms with Crippen LogP contribution in [0.1, 0.15) is 37.7 Å². The fraction of sp³-hybridized carbons (Fsp3) is 0.0800. The second kappa shape index (κ2) is 13.2. The lowest BCUT2D eigenvalue weighted by Crippen LogP contribution is -2.14. The van der Waals surface area contributed by atoms with Gasteiger partial charge in [-0.1, -0.05) is 130 Å². The van der Waals surface area contributed by atoms with Crippen molar-refractivity contribution < 1.29 is 0 Å². The summed E-state index contributed by atoms with van der Waals surface area (Å²) >= 11 is 1.73. The summed E-state index contributed by atoms with van der Waals surface area (Å²) in [5.41, 5.74) is 16.7. The van der Waals surface area contributed by atoms with Gasteiger partial charge in [0.25, 0.3) is 0 Å². The van der Waals surface area contributed by atoms with E-state index in [1.54, 1.807) is 17.4 Å². The van der Waals surface area contributed by atoms with E-state index in [0.717, 1.165) is 38.9 Å². The molecule has 9 aromatic rings. The predicted octanol–water partition coefficient (Wildman–Crippen LogP) is 13.0. The smallest absolute Gasteiger partial charge is 0.164 e. The van der Waals surface area contributed by atoms with Crippen molar-refractivity contribution in [1.82, 2.24) is 24.5 Å². The van der Waals surface area contributed by atoms with E-state index in [4.69, 9.17) is 15.0 Å². The van der Waals surface area contributed by atoms with E-state index in [1.165, 1.54) is 48.9 Å². The molecule has 10 rings (SSSR count). The molecule has 0 aliphatic heterocycles. The van der Waals surface area contributed by atoms with Crippen LogP contribution >= 0.6 is 11.3 Å². The predicted molar refractivity (Wildman–Crippen MR) is 234 cm³/mol. The summed E-state index contributed by atoms with van der Waals surface area (Å²) in [6.45, 7) is 10.7. The van der Waals surface area contributed by atoms with Crippen LogP contribution in [0.2, 0.25) is 0 Å². The van der Waals surface area contributed by atoms with Gasteiger partial charge in [-0.15, -0.1) is 11.3 Å². The maximum absolute atomic E-state index is 5.01. The van der Waals surface area contributed by atoms with Crippen LogP contribution in [0.3, 0.4) is 0 Å². The average Bonchev–Trinajstić information content (AvgIpc) is 3.92. The molecular formula is C50H37N5S. The second-order valence-corrected chi connectivity index (χ2v) is 15.6. The molecule has 0 unspecified atom stereocenters. The van der Waals surface area contributed by atoms with E-state index in [2.05, 4.69) is 127 Å². The number of para-hydroxylation sites is 1. The molecule has 0 amide bonds. The van der Waals surface area contributed by atoms with E-state index < -0.39 is 0 Å². The number of allylic oxidation sites excluding steroid dienone is 5. The largest absolute Gasteiger partial charge is 0.309 e. The van der Waals surface area contributed by atoms with E-state index in [1.807, 2.05) is 61.0 Å². The number of benzene rings is 6. The summed E-state index contributed by atoms with van der Waals surface area (Å²) in [5.74, 6) is 1.79. The molecule has 6 heteroatoms. The Balaban J connectivity index is 1.09. The SMILES string of the molecule is C=C/C(=C\C=C/C)c1nc(-c2ccccc2)nc(-c2cccc(-n3c4ccccc4c4cc(-c5ccc6c(c5)C(C)(C)c5ccc7ncsc7c5-6)ccc43)c2)n1. The van der Waals surface area contributed by atoms with Gasteiger partial charge in [0.05, 0.1) is 26.8 Å². The molecule has 6 aromatic carbocycles. The van der Waals surface area contributed by atoms with Gasteiger partial charge in [0.1, 0.15) is 0 Å². The minimum absolute atomic E-state index is 0.110. The Morgan fingerprint density at radius 1 is 0.679 bits per heavy atom. The molecule has 0 N–H and O–H groups in total. The highest BCUT2D eigenvalue weighted by Crippen LogP contribution is 2.53. The molecule has 5 nitrogen and oxygen atoms in total. The van der Waals surface area contributed by atoms with Crippen molar-refractivity contribution in [2.24, 2.45) is 0 Å². The summed E-state index contributed by atoms with van der Waals surface area (Å²) in [6, 6.07) is 45.5. The maximum atomic E-state index is 5.01. The molecular weight excluding hydrogens is 703 g/mol. The van der Waals surface area contributed by atoms with Crippen LogP contribution < -0.4 is 0 Å². The lowest BCUT2D eigenvalue weighted by Gasteiger charge is -2.22. The third kappa shape index (κ3) is 5.36. The zero-order valence-electron chi connectivity index (χ0n) is 31.4. The molecule has 0 saturated heterocycles. The normalized spacial score (nSPS) is 13.5. The third-order valence-electron chi connectivity index (χ3n) is 11.1. The van der Waals surface area contributed by atoms with Crippen LogP contribution in [0, 0.1) is 0 Å². The van der Waals surface area contributed by atoms with Crippen molar-refractivity contribution in [3.05, 3.63) is 181 Å². The van der Waals surface area contributed by atoms with Gasteiger partial charge in [-0.3, -0.25) is 0 Å². The number of aromatic nitrogens is 5. The van der Waals surface area contributed by atoms with Gasteiger partial charge < -0.3 is 4.57 Å². The van der Waals surface area contributed by atoms with Crippen LogP contribution in [0.25, 0.3) is 88.3 Å². The van der Waals surface area contributed by atoms with Crippen LogP contribution in [-0.2, 0) is 5.41 Å². The molecule has 0 bridgehead atoms. The third-order valence-corrected chi connectivity index (χ3v) is 12.0. The van der Waals surface area contributed by atoms with E-state index >= 15 is 0 Å². The molecule has 56 heavy (non-hydrogen) atoms. The minimum Gasteiger partial charge on any atom is -0.309 e. The number of rotatable bonds is 7. The Labute approximate surface area is 329 Å². The van der Waals surface area contributed by atoms with E-state index in [9.17, 15) is 0 Å². The Bertz CT molecular complexity index is 3090. The first-order valence-electron chi connectivity index (χ1n) is 18.9. The zero-order chi connectivity index (χ0) is 38.0. The van der Waals surface area contributed by atoms with Gasteiger partial charge in [-0.25, -0.2) is 19.9 Å². The topological polar surface area (TPSA) is 56.5 Å². The van der Waals surface area contributed by atoms with E-state index in [0.29, 0.717) is 17.5 Å². The molecule has 0 atom stereocenters. The molecule has 0 saturated carbocycles. The van der Waals surface area contributed by atoms with Gasteiger partial charge in [0.15, 0.2) is 17.5 Å². The fourth-order valence-corrected chi connectivity index (χ4v) is 9.17. The summed E-state index contributed by atoms with van der Waals surface area (Å²) < 4.78 is 3.62. The quantitative estimate of drug-likeness (QED) is 0.153. The molecule has 1 aliphatic rings. The molecule has 0 radical (unpaired) electrons. The van der Waals surface area contributed by atoms with Gasteiger partial charge in [-0.05, 0) is 77.2 Å². The highest BCUT2D eigenvalue weighted by atomic mass is 32.1. The number of nitrogens with zero attached hydrogens (tertiary/aromatic N) is 5. The zero-order valence-corrected chi connectivity index (χ0v) is 32.2. The molecule has 0 fully saturated rings. The highest BCUT2D eigenvalue weighted by molar-refractivity contribution is 7.17. The molecule has 3 aromatic heterocycles. The average molecular weight is 740 g/mol. The lowest BCUT2D eigenvalue weighted by molar-refractivity contribution is 0.661. The van der Waals surface area contributed by atoms with E-state index in [-0.39, 0.29) is 5.41 Å². The number of fused-ring (bicyclic) bond motifs is 8. The Morgan fingerprint density at radius 3 is 2.27 bits per heavy atom. The number of hydrogen-bond donors (Lipinski definition) is 0. The highest BCUT2D eigenvalue weighted by Gasteiger charge is 2.37. The molecule has 0 spiro atoms. The summed E-state index contributed by atoms with van der Waals surface area (Å²) in [6.07, 6.45) is 7.72. The van der Waals surface area contributed by atoms with Crippen molar-refractivity contribution >= 4 is 48.9 Å². The van der Waals surface area contributed by atoms with Gasteiger partial charge in [-0.2, -0.15) is 0 Å². The van der Waals surface area contributed by atoms with Crippen molar-refractivity contribution in [3.8, 4) is 50.7 Å². The monoisotopic (exact) mass is 739 g/mol. The van der Waals surface area contributed by atoms with Crippen LogP contribution in [0.5, 0.6) is 0 Å². The van der Waals surface area contributed by atoms with Crippen molar-refractivity contribution in [3.63, 3.8) is 0 Å². The Kier molecular flexibility index (Phi) is 7.98. The Morgan fingerprint density at radius 2 is 1.43 bits per heavy atom. The first-order chi connectivity index (χ1) is 27.4. The number of thiazole rings is 1. The van der Waals surface area contributed by atoms with Gasteiger partial charge in [0, 0.05) is 44.1 Å². The minimum atomic E-state index is -0.110. The molecule has 268 valence electrons. The van der Waals surface area contributed by atoms with Crippen molar-refractivity contribution in [2.45, 2.75) is 26.2 Å². The van der Waals surface area contributed by atoms with Crippen LogP contribution in [-0.4, -0.2) is 24.5 Å². The van der Waals surface area contributed by atoms with Gasteiger partial charge >= 0.3 is 0 Å².